The maximum Gasteiger partial charge on any atom is 0.387 e. The van der Waals surface area contributed by atoms with E-state index in [2.05, 4.69) is 10.1 Å². The molecule has 1 fully saturated rings. The molecule has 3 rings (SSSR count). The summed E-state index contributed by atoms with van der Waals surface area (Å²) in [6.45, 7) is -0.757. The van der Waals surface area contributed by atoms with E-state index in [-0.39, 0.29) is 30.3 Å². The number of halogens is 3. The standard InChI is InChI=1S/C21H23F3N2O4/c1-21(28)9-10-26(12-18(21)29-15-6-4-5-14(22)11-15)13-19(27)25-16-7-2-3-8-17(16)30-20(23)24/h2-8,11,18,20,28H,9-10,12-13H2,1H3,(H,25,27)/t18-,21-/m0/s1. The lowest BCUT2D eigenvalue weighted by Gasteiger charge is -2.42. The molecule has 1 heterocycles. The van der Waals surface area contributed by atoms with E-state index in [1.807, 2.05) is 0 Å². The number of piperidine rings is 1. The summed E-state index contributed by atoms with van der Waals surface area (Å²) in [5.74, 6) is -0.727. The molecule has 1 saturated heterocycles. The molecule has 2 aromatic rings. The summed E-state index contributed by atoms with van der Waals surface area (Å²) in [5, 5.41) is 13.2. The van der Waals surface area contributed by atoms with Crippen LogP contribution < -0.4 is 14.8 Å². The Hall–Kier alpha value is -2.78. The van der Waals surface area contributed by atoms with E-state index in [1.165, 1.54) is 36.4 Å². The van der Waals surface area contributed by atoms with E-state index >= 15 is 0 Å². The van der Waals surface area contributed by atoms with Crippen molar-refractivity contribution >= 4 is 11.6 Å². The van der Waals surface area contributed by atoms with E-state index in [9.17, 15) is 23.1 Å². The summed E-state index contributed by atoms with van der Waals surface area (Å²) >= 11 is 0. The van der Waals surface area contributed by atoms with E-state index in [4.69, 9.17) is 4.74 Å². The zero-order valence-corrected chi connectivity index (χ0v) is 16.4. The average molecular weight is 424 g/mol. The number of nitrogens with one attached hydrogen (secondary N) is 1. The fourth-order valence-corrected chi connectivity index (χ4v) is 3.24. The molecule has 0 saturated carbocycles. The third-order valence-corrected chi connectivity index (χ3v) is 4.87. The number of ether oxygens (including phenoxy) is 2. The Balaban J connectivity index is 1.62. The first-order valence-corrected chi connectivity index (χ1v) is 9.43. The summed E-state index contributed by atoms with van der Waals surface area (Å²) < 4.78 is 48.7. The number of alkyl halides is 2. The Morgan fingerprint density at radius 3 is 2.80 bits per heavy atom. The van der Waals surface area contributed by atoms with Gasteiger partial charge in [0, 0.05) is 19.2 Å². The molecule has 0 unspecified atom stereocenters. The van der Waals surface area contributed by atoms with Gasteiger partial charge in [-0.05, 0) is 37.6 Å². The van der Waals surface area contributed by atoms with Gasteiger partial charge >= 0.3 is 6.61 Å². The fraction of sp³-hybridized carbons (Fsp3) is 0.381. The molecule has 2 aromatic carbocycles. The van der Waals surface area contributed by atoms with E-state index < -0.39 is 30.0 Å². The number of aliphatic hydroxyl groups is 1. The number of rotatable bonds is 7. The van der Waals surface area contributed by atoms with E-state index in [0.29, 0.717) is 13.0 Å². The number of hydrogen-bond acceptors (Lipinski definition) is 5. The number of anilines is 1. The van der Waals surface area contributed by atoms with Crippen LogP contribution in [0.2, 0.25) is 0 Å². The summed E-state index contributed by atoms with van der Waals surface area (Å²) in [7, 11) is 0. The third kappa shape index (κ3) is 5.87. The van der Waals surface area contributed by atoms with Gasteiger partial charge < -0.3 is 19.9 Å². The van der Waals surface area contributed by atoms with Crippen molar-refractivity contribution in [3.8, 4) is 11.5 Å². The van der Waals surface area contributed by atoms with Crippen LogP contribution in [0.1, 0.15) is 13.3 Å². The lowest BCUT2D eigenvalue weighted by Crippen LogP contribution is -2.57. The first kappa shape index (κ1) is 21.9. The molecule has 2 N–H and O–H groups in total. The second-order valence-electron chi connectivity index (χ2n) is 7.33. The molecular formula is C21H23F3N2O4. The van der Waals surface area contributed by atoms with Crippen LogP contribution in [0.25, 0.3) is 0 Å². The Morgan fingerprint density at radius 1 is 1.30 bits per heavy atom. The van der Waals surface area contributed by atoms with Crippen LogP contribution >= 0.6 is 0 Å². The number of para-hydroxylation sites is 2. The fourth-order valence-electron chi connectivity index (χ4n) is 3.24. The molecule has 162 valence electrons. The molecule has 0 aromatic heterocycles. The van der Waals surface area contributed by atoms with Gasteiger partial charge in [-0.2, -0.15) is 8.78 Å². The van der Waals surface area contributed by atoms with Crippen molar-refractivity contribution in [1.29, 1.82) is 0 Å². The molecular weight excluding hydrogens is 401 g/mol. The number of benzene rings is 2. The molecule has 1 aliphatic heterocycles. The van der Waals surface area contributed by atoms with Crippen LogP contribution in [0.15, 0.2) is 48.5 Å². The highest BCUT2D eigenvalue weighted by atomic mass is 19.3. The summed E-state index contributed by atoms with van der Waals surface area (Å²) in [4.78, 5) is 14.2. The number of amides is 1. The number of hydrogen-bond donors (Lipinski definition) is 2. The summed E-state index contributed by atoms with van der Waals surface area (Å²) in [6, 6.07) is 11.5. The van der Waals surface area contributed by atoms with Gasteiger partial charge in [-0.1, -0.05) is 18.2 Å². The quantitative estimate of drug-likeness (QED) is 0.714. The largest absolute Gasteiger partial charge is 0.486 e. The number of carbonyl (C=O) groups excluding carboxylic acids is 1. The summed E-state index contributed by atoms with van der Waals surface area (Å²) in [6.07, 6.45) is -0.346. The molecule has 0 bridgehead atoms. The predicted octanol–water partition coefficient (Wildman–Crippen LogP) is 3.27. The van der Waals surface area contributed by atoms with Gasteiger partial charge in [0.15, 0.2) is 0 Å². The Kier molecular flexibility index (Phi) is 6.84. The van der Waals surface area contributed by atoms with Gasteiger partial charge in [-0.25, -0.2) is 4.39 Å². The molecule has 0 aliphatic carbocycles. The first-order valence-electron chi connectivity index (χ1n) is 9.43. The minimum absolute atomic E-state index is 0.0396. The zero-order chi connectivity index (χ0) is 21.7. The highest BCUT2D eigenvalue weighted by molar-refractivity contribution is 5.93. The Morgan fingerprint density at radius 2 is 2.07 bits per heavy atom. The predicted molar refractivity (Wildman–Crippen MR) is 104 cm³/mol. The van der Waals surface area contributed by atoms with Crippen molar-refractivity contribution < 1.29 is 32.5 Å². The second-order valence-corrected chi connectivity index (χ2v) is 7.33. The lowest BCUT2D eigenvalue weighted by molar-refractivity contribution is -0.123. The van der Waals surface area contributed by atoms with Crippen molar-refractivity contribution in [1.82, 2.24) is 4.90 Å². The molecule has 30 heavy (non-hydrogen) atoms. The number of carbonyl (C=O) groups is 1. The first-order chi connectivity index (χ1) is 14.2. The molecule has 0 spiro atoms. The van der Waals surface area contributed by atoms with Crippen molar-refractivity contribution in [2.45, 2.75) is 31.7 Å². The SMILES string of the molecule is C[C@]1(O)CCN(CC(=O)Nc2ccccc2OC(F)F)C[C@@H]1Oc1cccc(F)c1. The smallest absolute Gasteiger partial charge is 0.387 e. The van der Waals surface area contributed by atoms with Crippen LogP contribution in [0.4, 0.5) is 18.9 Å². The van der Waals surface area contributed by atoms with Crippen LogP contribution in [0, 0.1) is 5.82 Å². The minimum atomic E-state index is -3.01. The van der Waals surface area contributed by atoms with Gasteiger partial charge in [-0.15, -0.1) is 0 Å². The van der Waals surface area contributed by atoms with E-state index in [0.717, 1.165) is 0 Å². The minimum Gasteiger partial charge on any atom is -0.486 e. The Bertz CT molecular complexity index is 879. The average Bonchev–Trinajstić information content (AvgIpc) is 2.66. The maximum absolute atomic E-state index is 13.4. The lowest BCUT2D eigenvalue weighted by atomic mass is 9.90. The van der Waals surface area contributed by atoms with Crippen LogP contribution in [-0.2, 0) is 4.79 Å². The van der Waals surface area contributed by atoms with Gasteiger partial charge in [0.2, 0.25) is 5.91 Å². The number of nitrogens with zero attached hydrogens (tertiary/aromatic N) is 1. The zero-order valence-electron chi connectivity index (χ0n) is 16.4. The van der Waals surface area contributed by atoms with Crippen molar-refractivity contribution in [2.75, 3.05) is 25.0 Å². The van der Waals surface area contributed by atoms with Crippen molar-refractivity contribution in [2.24, 2.45) is 0 Å². The monoisotopic (exact) mass is 424 g/mol. The van der Waals surface area contributed by atoms with Crippen LogP contribution in [-0.4, -0.2) is 53.9 Å². The third-order valence-electron chi connectivity index (χ3n) is 4.87. The van der Waals surface area contributed by atoms with E-state index in [1.54, 1.807) is 24.0 Å². The number of likely N-dealkylation sites (tertiary alicyclic amines) is 1. The molecule has 1 amide bonds. The Labute approximate surface area is 172 Å². The maximum atomic E-state index is 13.4. The molecule has 6 nitrogen and oxygen atoms in total. The highest BCUT2D eigenvalue weighted by Crippen LogP contribution is 2.28. The van der Waals surface area contributed by atoms with Crippen LogP contribution in [0.3, 0.4) is 0 Å². The highest BCUT2D eigenvalue weighted by Gasteiger charge is 2.40. The van der Waals surface area contributed by atoms with Crippen molar-refractivity contribution in [3.63, 3.8) is 0 Å². The second kappa shape index (κ2) is 9.36. The van der Waals surface area contributed by atoms with Gasteiger partial charge in [0.05, 0.1) is 12.2 Å². The molecule has 1 aliphatic rings. The molecule has 2 atom stereocenters. The normalized spacial score (nSPS) is 22.0. The molecule has 0 radical (unpaired) electrons. The topological polar surface area (TPSA) is 71.0 Å². The van der Waals surface area contributed by atoms with Gasteiger partial charge in [0.25, 0.3) is 0 Å². The van der Waals surface area contributed by atoms with Gasteiger partial charge in [-0.3, -0.25) is 9.69 Å². The van der Waals surface area contributed by atoms with Gasteiger partial charge in [0.1, 0.15) is 29.0 Å². The summed E-state index contributed by atoms with van der Waals surface area (Å²) in [5.41, 5.74) is -1.02. The van der Waals surface area contributed by atoms with Crippen LogP contribution in [0.5, 0.6) is 11.5 Å². The van der Waals surface area contributed by atoms with Crippen molar-refractivity contribution in [3.05, 3.63) is 54.3 Å². The molecule has 9 heteroatoms.